The van der Waals surface area contributed by atoms with Crippen molar-refractivity contribution >= 4 is 17.3 Å². The Morgan fingerprint density at radius 3 is 2.95 bits per heavy atom. The lowest BCUT2D eigenvalue weighted by Crippen LogP contribution is -2.46. The Balaban J connectivity index is 1.83. The van der Waals surface area contributed by atoms with Crippen LogP contribution in [0.4, 0.5) is 5.69 Å². The van der Waals surface area contributed by atoms with Crippen LogP contribution in [0.3, 0.4) is 0 Å². The zero-order valence-corrected chi connectivity index (χ0v) is 12.6. The second-order valence-electron chi connectivity index (χ2n) is 5.77. The van der Waals surface area contributed by atoms with Gasteiger partial charge in [0, 0.05) is 30.8 Å². The Morgan fingerprint density at radius 1 is 1.38 bits per heavy atom. The van der Waals surface area contributed by atoms with Crippen LogP contribution in [0.1, 0.15) is 24.8 Å². The maximum Gasteiger partial charge on any atom is 0.101 e. The standard InChI is InChI=1S/C16H19ClN2O2/c17-14-8-12(4-3-11(14)9-18)19-6-1-2-15(19)13-10-21-7-5-16(13)20/h3-4,8,13,15-16,20H,1-2,5-7,10H2/t13-,15-,16+/m1/s1. The number of ether oxygens (including phenoxy) is 1. The molecule has 0 bridgehead atoms. The number of hydrogen-bond acceptors (Lipinski definition) is 4. The third-order valence-electron chi connectivity index (χ3n) is 4.56. The van der Waals surface area contributed by atoms with Gasteiger partial charge in [-0.25, -0.2) is 0 Å². The molecule has 1 N–H and O–H groups in total. The van der Waals surface area contributed by atoms with E-state index in [1.54, 1.807) is 6.07 Å². The van der Waals surface area contributed by atoms with Gasteiger partial charge in [0.2, 0.25) is 0 Å². The lowest BCUT2D eigenvalue weighted by Gasteiger charge is -2.38. The molecule has 0 radical (unpaired) electrons. The minimum Gasteiger partial charge on any atom is -0.393 e. The number of rotatable bonds is 2. The van der Waals surface area contributed by atoms with Crippen LogP contribution in [0.25, 0.3) is 0 Å². The van der Waals surface area contributed by atoms with Crippen molar-refractivity contribution < 1.29 is 9.84 Å². The van der Waals surface area contributed by atoms with Crippen LogP contribution in [0.2, 0.25) is 5.02 Å². The number of anilines is 1. The summed E-state index contributed by atoms with van der Waals surface area (Å²) in [5, 5.41) is 19.7. The zero-order chi connectivity index (χ0) is 14.8. The Morgan fingerprint density at radius 2 is 2.24 bits per heavy atom. The van der Waals surface area contributed by atoms with Crippen molar-refractivity contribution in [2.45, 2.75) is 31.4 Å². The van der Waals surface area contributed by atoms with E-state index < -0.39 is 0 Å². The summed E-state index contributed by atoms with van der Waals surface area (Å²) in [6.07, 6.45) is 2.58. The smallest absolute Gasteiger partial charge is 0.101 e. The molecular formula is C16H19ClN2O2. The van der Waals surface area contributed by atoms with Crippen molar-refractivity contribution in [1.82, 2.24) is 0 Å². The van der Waals surface area contributed by atoms with E-state index in [0.29, 0.717) is 30.2 Å². The molecule has 0 aliphatic carbocycles. The van der Waals surface area contributed by atoms with E-state index in [9.17, 15) is 5.11 Å². The minimum absolute atomic E-state index is 0.149. The highest BCUT2D eigenvalue weighted by molar-refractivity contribution is 6.32. The molecule has 1 aromatic rings. The molecule has 21 heavy (non-hydrogen) atoms. The monoisotopic (exact) mass is 306 g/mol. The van der Waals surface area contributed by atoms with E-state index in [0.717, 1.165) is 25.1 Å². The van der Waals surface area contributed by atoms with Gasteiger partial charge in [-0.3, -0.25) is 0 Å². The van der Waals surface area contributed by atoms with Crippen molar-refractivity contribution in [2.24, 2.45) is 5.92 Å². The first-order valence-corrected chi connectivity index (χ1v) is 7.80. The van der Waals surface area contributed by atoms with Gasteiger partial charge in [-0.15, -0.1) is 0 Å². The molecule has 1 aromatic carbocycles. The number of hydrogen-bond donors (Lipinski definition) is 1. The van der Waals surface area contributed by atoms with Crippen LogP contribution in [0.5, 0.6) is 0 Å². The van der Waals surface area contributed by atoms with E-state index in [-0.39, 0.29) is 18.1 Å². The molecule has 3 atom stereocenters. The highest BCUT2D eigenvalue weighted by atomic mass is 35.5. The Bertz CT molecular complexity index is 558. The molecule has 2 saturated heterocycles. The molecule has 0 spiro atoms. The molecule has 0 saturated carbocycles. The maximum atomic E-state index is 10.3. The van der Waals surface area contributed by atoms with Crippen LogP contribution in [-0.4, -0.2) is 37.0 Å². The summed E-state index contributed by atoms with van der Waals surface area (Å²) in [4.78, 5) is 2.30. The molecule has 2 heterocycles. The quantitative estimate of drug-likeness (QED) is 0.912. The summed E-state index contributed by atoms with van der Waals surface area (Å²) in [5.41, 5.74) is 1.52. The molecule has 0 aromatic heterocycles. The van der Waals surface area contributed by atoms with Crippen LogP contribution in [0.15, 0.2) is 18.2 Å². The average molecular weight is 307 g/mol. The zero-order valence-electron chi connectivity index (χ0n) is 11.8. The molecule has 0 unspecified atom stereocenters. The van der Waals surface area contributed by atoms with E-state index in [1.165, 1.54) is 0 Å². The van der Waals surface area contributed by atoms with Gasteiger partial charge in [-0.05, 0) is 37.5 Å². The van der Waals surface area contributed by atoms with Gasteiger partial charge in [-0.2, -0.15) is 5.26 Å². The Hall–Kier alpha value is -1.28. The molecule has 0 amide bonds. The summed E-state index contributed by atoms with van der Waals surface area (Å²) < 4.78 is 5.55. The highest BCUT2D eigenvalue weighted by Gasteiger charge is 2.37. The van der Waals surface area contributed by atoms with E-state index >= 15 is 0 Å². The number of halogens is 1. The van der Waals surface area contributed by atoms with Crippen molar-refractivity contribution in [3.8, 4) is 6.07 Å². The van der Waals surface area contributed by atoms with Gasteiger partial charge < -0.3 is 14.7 Å². The molecule has 3 rings (SSSR count). The minimum atomic E-state index is -0.293. The predicted octanol–water partition coefficient (Wildman–Crippen LogP) is 2.58. The average Bonchev–Trinajstić information content (AvgIpc) is 2.97. The number of benzene rings is 1. The predicted molar refractivity (Wildman–Crippen MR) is 81.5 cm³/mol. The molecular weight excluding hydrogens is 288 g/mol. The van der Waals surface area contributed by atoms with Gasteiger partial charge in [-0.1, -0.05) is 11.6 Å². The molecule has 2 aliphatic heterocycles. The fourth-order valence-corrected chi connectivity index (χ4v) is 3.66. The van der Waals surface area contributed by atoms with Crippen LogP contribution >= 0.6 is 11.6 Å². The third kappa shape index (κ3) is 2.87. The fourth-order valence-electron chi connectivity index (χ4n) is 3.45. The second-order valence-corrected chi connectivity index (χ2v) is 6.18. The van der Waals surface area contributed by atoms with Crippen molar-refractivity contribution in [1.29, 1.82) is 5.26 Å². The lowest BCUT2D eigenvalue weighted by atomic mass is 9.89. The van der Waals surface area contributed by atoms with Gasteiger partial charge in [0.05, 0.1) is 23.3 Å². The van der Waals surface area contributed by atoms with E-state index in [4.69, 9.17) is 21.6 Å². The topological polar surface area (TPSA) is 56.5 Å². The second kappa shape index (κ2) is 6.23. The normalized spacial score (nSPS) is 29.4. The lowest BCUT2D eigenvalue weighted by molar-refractivity contribution is -0.0437. The van der Waals surface area contributed by atoms with Gasteiger partial charge in [0.15, 0.2) is 0 Å². The molecule has 4 nitrogen and oxygen atoms in total. The summed E-state index contributed by atoms with van der Waals surface area (Å²) in [6.45, 7) is 2.22. The first-order chi connectivity index (χ1) is 10.2. The fraction of sp³-hybridized carbons (Fsp3) is 0.562. The van der Waals surface area contributed by atoms with Crippen molar-refractivity contribution in [3.05, 3.63) is 28.8 Å². The van der Waals surface area contributed by atoms with Crippen LogP contribution in [-0.2, 0) is 4.74 Å². The Labute approximate surface area is 129 Å². The summed E-state index contributed by atoms with van der Waals surface area (Å²) >= 11 is 6.15. The summed E-state index contributed by atoms with van der Waals surface area (Å²) in [5.74, 6) is 0.149. The molecule has 112 valence electrons. The van der Waals surface area contributed by atoms with Gasteiger partial charge in [0.25, 0.3) is 0 Å². The summed E-state index contributed by atoms with van der Waals surface area (Å²) in [7, 11) is 0. The third-order valence-corrected chi connectivity index (χ3v) is 4.87. The summed E-state index contributed by atoms with van der Waals surface area (Å²) in [6, 6.07) is 7.93. The van der Waals surface area contributed by atoms with Crippen molar-refractivity contribution in [3.63, 3.8) is 0 Å². The van der Waals surface area contributed by atoms with E-state index in [2.05, 4.69) is 11.0 Å². The van der Waals surface area contributed by atoms with Crippen LogP contribution < -0.4 is 4.90 Å². The maximum absolute atomic E-state index is 10.3. The number of aliphatic hydroxyl groups is 1. The first kappa shape index (κ1) is 14.6. The first-order valence-electron chi connectivity index (χ1n) is 7.43. The number of nitrogens with zero attached hydrogens (tertiary/aromatic N) is 2. The number of nitriles is 1. The van der Waals surface area contributed by atoms with Gasteiger partial charge >= 0.3 is 0 Å². The molecule has 2 fully saturated rings. The highest BCUT2D eigenvalue weighted by Crippen LogP contribution is 2.35. The largest absolute Gasteiger partial charge is 0.393 e. The Kier molecular flexibility index (Phi) is 4.34. The van der Waals surface area contributed by atoms with Crippen molar-refractivity contribution in [2.75, 3.05) is 24.7 Å². The SMILES string of the molecule is N#Cc1ccc(N2CCC[C@@H]2[C@H]2COCC[C@@H]2O)cc1Cl. The van der Waals surface area contributed by atoms with E-state index in [1.807, 2.05) is 12.1 Å². The van der Waals surface area contributed by atoms with Crippen LogP contribution in [0, 0.1) is 17.2 Å². The molecule has 2 aliphatic rings. The molecule has 5 heteroatoms. The van der Waals surface area contributed by atoms with Gasteiger partial charge in [0.1, 0.15) is 6.07 Å². The number of aliphatic hydroxyl groups excluding tert-OH is 1.